The van der Waals surface area contributed by atoms with Crippen LogP contribution in [0.4, 0.5) is 5.69 Å². The lowest BCUT2D eigenvalue weighted by Gasteiger charge is -2.08. The minimum Gasteiger partial charge on any atom is -0.324 e. The number of anilines is 1. The second kappa shape index (κ2) is 3.63. The number of carbonyl (C=O) groups excluding carboxylic acids is 1. The van der Waals surface area contributed by atoms with Crippen LogP contribution in [0.1, 0.15) is 6.42 Å². The average Bonchev–Trinajstić information content (AvgIpc) is 2.75. The molecule has 4 N–H and O–H groups in total. The van der Waals surface area contributed by atoms with Gasteiger partial charge in [-0.25, -0.2) is 0 Å². The van der Waals surface area contributed by atoms with Crippen molar-refractivity contribution in [2.24, 2.45) is 11.7 Å². The molecular weight excluding hydrogens is 180 g/mol. The molecule has 1 aromatic heterocycles. The van der Waals surface area contributed by atoms with Gasteiger partial charge in [-0.1, -0.05) is 12.2 Å². The van der Waals surface area contributed by atoms with E-state index in [4.69, 9.17) is 5.73 Å². The summed E-state index contributed by atoms with van der Waals surface area (Å²) in [7, 11) is 0. The number of aromatic amines is 1. The highest BCUT2D eigenvalue weighted by atomic mass is 16.1. The summed E-state index contributed by atoms with van der Waals surface area (Å²) >= 11 is 0. The lowest BCUT2D eigenvalue weighted by atomic mass is 10.1. The fraction of sp³-hybridized carbons (Fsp3) is 0.333. The molecule has 1 heterocycles. The third-order valence-electron chi connectivity index (χ3n) is 2.22. The minimum atomic E-state index is -0.111. The molecule has 0 saturated heterocycles. The van der Waals surface area contributed by atoms with Gasteiger partial charge in [-0.3, -0.25) is 9.89 Å². The van der Waals surface area contributed by atoms with Crippen LogP contribution in [0.2, 0.25) is 0 Å². The Morgan fingerprint density at radius 2 is 2.50 bits per heavy atom. The summed E-state index contributed by atoms with van der Waals surface area (Å²) in [5, 5.41) is 9.11. The number of hydrogen-bond donors (Lipinski definition) is 3. The Kier molecular flexibility index (Phi) is 2.32. The molecule has 1 amide bonds. The van der Waals surface area contributed by atoms with Crippen LogP contribution in [-0.4, -0.2) is 22.1 Å². The maximum atomic E-state index is 11.6. The standard InChI is InChI=1S/C9H12N4O/c10-7-2-1-6(3-7)9(14)13-8-4-11-12-5-8/h1-2,4-7H,3,10H2,(H,11,12)(H,13,14). The highest BCUT2D eigenvalue weighted by molar-refractivity contribution is 5.93. The molecule has 1 aromatic rings. The first-order valence-electron chi connectivity index (χ1n) is 4.49. The predicted molar refractivity (Wildman–Crippen MR) is 52.4 cm³/mol. The van der Waals surface area contributed by atoms with E-state index in [0.717, 1.165) is 0 Å². The largest absolute Gasteiger partial charge is 0.324 e. The number of aromatic nitrogens is 2. The van der Waals surface area contributed by atoms with E-state index in [-0.39, 0.29) is 17.9 Å². The van der Waals surface area contributed by atoms with E-state index in [1.807, 2.05) is 12.2 Å². The van der Waals surface area contributed by atoms with Crippen LogP contribution >= 0.6 is 0 Å². The quantitative estimate of drug-likeness (QED) is 0.587. The summed E-state index contributed by atoms with van der Waals surface area (Å²) in [5.41, 5.74) is 6.34. The van der Waals surface area contributed by atoms with Gasteiger partial charge in [0.2, 0.25) is 5.91 Å². The van der Waals surface area contributed by atoms with Crippen molar-refractivity contribution in [3.8, 4) is 0 Å². The number of nitrogens with zero attached hydrogens (tertiary/aromatic N) is 1. The summed E-state index contributed by atoms with van der Waals surface area (Å²) in [6.07, 6.45) is 7.59. The van der Waals surface area contributed by atoms with Gasteiger partial charge >= 0.3 is 0 Å². The first kappa shape index (κ1) is 8.96. The molecule has 2 atom stereocenters. The maximum absolute atomic E-state index is 11.6. The molecule has 0 aliphatic heterocycles. The van der Waals surface area contributed by atoms with Crippen LogP contribution < -0.4 is 11.1 Å². The molecule has 1 aliphatic carbocycles. The van der Waals surface area contributed by atoms with E-state index in [2.05, 4.69) is 15.5 Å². The number of nitrogens with two attached hydrogens (primary N) is 1. The second-order valence-corrected chi connectivity index (χ2v) is 3.37. The van der Waals surface area contributed by atoms with Gasteiger partial charge in [-0.05, 0) is 6.42 Å². The van der Waals surface area contributed by atoms with Gasteiger partial charge in [0.15, 0.2) is 0 Å². The van der Waals surface area contributed by atoms with E-state index in [1.54, 1.807) is 12.4 Å². The van der Waals surface area contributed by atoms with Crippen molar-refractivity contribution in [3.63, 3.8) is 0 Å². The van der Waals surface area contributed by atoms with Gasteiger partial charge in [0.25, 0.3) is 0 Å². The molecule has 5 heteroatoms. The smallest absolute Gasteiger partial charge is 0.231 e. The molecule has 1 aliphatic rings. The SMILES string of the molecule is NC1C=CC(C(=O)Nc2cn[nH]c2)C1. The first-order valence-corrected chi connectivity index (χ1v) is 4.49. The number of carbonyl (C=O) groups is 1. The van der Waals surface area contributed by atoms with Crippen molar-refractivity contribution in [1.29, 1.82) is 0 Å². The Labute approximate surface area is 81.4 Å². The van der Waals surface area contributed by atoms with E-state index in [0.29, 0.717) is 12.1 Å². The van der Waals surface area contributed by atoms with Gasteiger partial charge in [-0.2, -0.15) is 5.10 Å². The van der Waals surface area contributed by atoms with Gasteiger partial charge in [0.1, 0.15) is 0 Å². The van der Waals surface area contributed by atoms with E-state index < -0.39 is 0 Å². The van der Waals surface area contributed by atoms with Gasteiger partial charge in [0, 0.05) is 12.2 Å². The monoisotopic (exact) mass is 192 g/mol. The predicted octanol–water partition coefficient (Wildman–Crippen LogP) is 0.252. The topological polar surface area (TPSA) is 83.8 Å². The molecule has 2 rings (SSSR count). The summed E-state index contributed by atoms with van der Waals surface area (Å²) in [4.78, 5) is 11.6. The summed E-state index contributed by atoms with van der Waals surface area (Å²) in [6, 6.07) is 0.00935. The van der Waals surface area contributed by atoms with Crippen LogP contribution in [0.15, 0.2) is 24.5 Å². The highest BCUT2D eigenvalue weighted by Gasteiger charge is 2.22. The summed E-state index contributed by atoms with van der Waals surface area (Å²) in [5.74, 6) is -0.143. The Hall–Kier alpha value is -1.62. The number of H-pyrrole nitrogens is 1. The Morgan fingerprint density at radius 1 is 1.64 bits per heavy atom. The van der Waals surface area contributed by atoms with Crippen molar-refractivity contribution in [2.45, 2.75) is 12.5 Å². The molecule has 0 fully saturated rings. The van der Waals surface area contributed by atoms with Crippen LogP contribution in [0, 0.1) is 5.92 Å². The fourth-order valence-corrected chi connectivity index (χ4v) is 1.48. The average molecular weight is 192 g/mol. The van der Waals surface area contributed by atoms with Gasteiger partial charge < -0.3 is 11.1 Å². The third-order valence-corrected chi connectivity index (χ3v) is 2.22. The Bertz CT molecular complexity index is 344. The van der Waals surface area contributed by atoms with Gasteiger partial charge in [0.05, 0.1) is 17.8 Å². The lowest BCUT2D eigenvalue weighted by molar-refractivity contribution is -0.118. The van der Waals surface area contributed by atoms with E-state index >= 15 is 0 Å². The maximum Gasteiger partial charge on any atom is 0.231 e. The molecule has 2 unspecified atom stereocenters. The molecule has 5 nitrogen and oxygen atoms in total. The Morgan fingerprint density at radius 3 is 3.07 bits per heavy atom. The normalized spacial score (nSPS) is 25.2. The molecule has 0 aromatic carbocycles. The van der Waals surface area contributed by atoms with Crippen molar-refractivity contribution >= 4 is 11.6 Å². The second-order valence-electron chi connectivity index (χ2n) is 3.37. The van der Waals surface area contributed by atoms with Crippen LogP contribution in [0.25, 0.3) is 0 Å². The number of amides is 1. The van der Waals surface area contributed by atoms with Crippen molar-refractivity contribution < 1.29 is 4.79 Å². The summed E-state index contributed by atoms with van der Waals surface area (Å²) < 4.78 is 0. The van der Waals surface area contributed by atoms with E-state index in [9.17, 15) is 4.79 Å². The molecule has 0 bridgehead atoms. The number of rotatable bonds is 2. The van der Waals surface area contributed by atoms with Crippen LogP contribution in [0.5, 0.6) is 0 Å². The number of nitrogens with one attached hydrogen (secondary N) is 2. The zero-order chi connectivity index (χ0) is 9.97. The zero-order valence-electron chi connectivity index (χ0n) is 7.60. The highest BCUT2D eigenvalue weighted by Crippen LogP contribution is 2.18. The molecule has 74 valence electrons. The first-order chi connectivity index (χ1) is 6.75. The third kappa shape index (κ3) is 1.82. The zero-order valence-corrected chi connectivity index (χ0v) is 7.60. The minimum absolute atomic E-state index is 0.00935. The lowest BCUT2D eigenvalue weighted by Crippen LogP contribution is -2.23. The molecule has 0 saturated carbocycles. The van der Waals surface area contributed by atoms with Crippen molar-refractivity contribution in [2.75, 3.05) is 5.32 Å². The van der Waals surface area contributed by atoms with E-state index in [1.165, 1.54) is 0 Å². The number of hydrogen-bond acceptors (Lipinski definition) is 3. The van der Waals surface area contributed by atoms with Crippen LogP contribution in [-0.2, 0) is 4.79 Å². The fourth-order valence-electron chi connectivity index (χ4n) is 1.48. The van der Waals surface area contributed by atoms with Gasteiger partial charge in [-0.15, -0.1) is 0 Å². The molecule has 0 radical (unpaired) electrons. The molecular formula is C9H12N4O. The molecule has 0 spiro atoms. The summed E-state index contributed by atoms with van der Waals surface area (Å²) in [6.45, 7) is 0. The van der Waals surface area contributed by atoms with Crippen molar-refractivity contribution in [1.82, 2.24) is 10.2 Å². The Balaban J connectivity index is 1.94. The van der Waals surface area contributed by atoms with Crippen molar-refractivity contribution in [3.05, 3.63) is 24.5 Å². The molecule has 14 heavy (non-hydrogen) atoms. The van der Waals surface area contributed by atoms with Crippen LogP contribution in [0.3, 0.4) is 0 Å².